The van der Waals surface area contributed by atoms with Gasteiger partial charge in [0.05, 0.1) is 11.7 Å². The van der Waals surface area contributed by atoms with Gasteiger partial charge in [0.25, 0.3) is 0 Å². The van der Waals surface area contributed by atoms with E-state index in [-0.39, 0.29) is 0 Å². The van der Waals surface area contributed by atoms with Gasteiger partial charge in [-0.05, 0) is 30.5 Å². The van der Waals surface area contributed by atoms with Crippen molar-refractivity contribution < 1.29 is 0 Å². The Balaban J connectivity index is 1.50. The van der Waals surface area contributed by atoms with E-state index in [4.69, 9.17) is 0 Å². The fourth-order valence-electron chi connectivity index (χ4n) is 2.68. The van der Waals surface area contributed by atoms with E-state index >= 15 is 0 Å². The van der Waals surface area contributed by atoms with E-state index in [0.29, 0.717) is 6.04 Å². The van der Waals surface area contributed by atoms with E-state index < -0.39 is 0 Å². The Morgan fingerprint density at radius 3 is 2.89 bits per heavy atom. The molecule has 0 bridgehead atoms. The number of nitrogens with one attached hydrogen (secondary N) is 1. The summed E-state index contributed by atoms with van der Waals surface area (Å²) in [4.78, 5) is 4.11. The Kier molecular flexibility index (Phi) is 3.89. The van der Waals surface area contributed by atoms with Crippen LogP contribution in [-0.4, -0.2) is 14.8 Å². The van der Waals surface area contributed by atoms with Crippen molar-refractivity contribution in [2.75, 3.05) is 0 Å². The van der Waals surface area contributed by atoms with Crippen molar-refractivity contribution in [2.45, 2.75) is 44.8 Å². The molecule has 0 aliphatic heterocycles. The molecule has 2 aromatic rings. The van der Waals surface area contributed by atoms with Crippen LogP contribution in [0.5, 0.6) is 0 Å². The molecule has 19 heavy (non-hydrogen) atoms. The Labute approximate surface area is 113 Å². The number of nitrogens with zero attached hydrogens (tertiary/aromatic N) is 3. The monoisotopic (exact) mass is 256 g/mol. The predicted molar refractivity (Wildman–Crippen MR) is 74.5 cm³/mol. The highest BCUT2D eigenvalue weighted by Gasteiger charge is 2.17. The fourth-order valence-corrected chi connectivity index (χ4v) is 2.68. The zero-order valence-electron chi connectivity index (χ0n) is 11.1. The summed E-state index contributed by atoms with van der Waals surface area (Å²) >= 11 is 0. The maximum atomic E-state index is 4.66. The average molecular weight is 256 g/mol. The smallest absolute Gasteiger partial charge is 0.0762 e. The first kappa shape index (κ1) is 12.4. The summed E-state index contributed by atoms with van der Waals surface area (Å²) in [5.41, 5.74) is 2.33. The van der Waals surface area contributed by atoms with Gasteiger partial charge < -0.3 is 5.32 Å². The predicted octanol–water partition coefficient (Wildman–Crippen LogP) is 2.68. The van der Waals surface area contributed by atoms with E-state index in [9.17, 15) is 0 Å². The van der Waals surface area contributed by atoms with E-state index in [1.807, 2.05) is 12.3 Å². The van der Waals surface area contributed by atoms with Crippen LogP contribution in [0.2, 0.25) is 0 Å². The topological polar surface area (TPSA) is 42.7 Å². The van der Waals surface area contributed by atoms with Crippen LogP contribution in [-0.2, 0) is 13.1 Å². The molecule has 1 aliphatic carbocycles. The van der Waals surface area contributed by atoms with Gasteiger partial charge in [-0.2, -0.15) is 5.10 Å². The Morgan fingerprint density at radius 2 is 2.11 bits per heavy atom. The van der Waals surface area contributed by atoms with Gasteiger partial charge in [0.1, 0.15) is 0 Å². The number of hydrogen-bond acceptors (Lipinski definition) is 3. The molecular formula is C15H20N4. The lowest BCUT2D eigenvalue weighted by Gasteiger charge is -2.09. The Hall–Kier alpha value is -1.68. The molecule has 0 amide bonds. The van der Waals surface area contributed by atoms with Gasteiger partial charge >= 0.3 is 0 Å². The summed E-state index contributed by atoms with van der Waals surface area (Å²) in [6.45, 7) is 1.65. The second kappa shape index (κ2) is 5.97. The van der Waals surface area contributed by atoms with Crippen LogP contribution < -0.4 is 5.32 Å². The van der Waals surface area contributed by atoms with Crippen molar-refractivity contribution in [1.29, 1.82) is 0 Å². The maximum absolute atomic E-state index is 4.66. The van der Waals surface area contributed by atoms with Gasteiger partial charge in [-0.1, -0.05) is 18.9 Å². The zero-order chi connectivity index (χ0) is 12.9. The third-order valence-corrected chi connectivity index (χ3v) is 3.72. The Bertz CT molecular complexity index is 500. The molecule has 1 N–H and O–H groups in total. The van der Waals surface area contributed by atoms with Crippen LogP contribution in [0, 0.1) is 0 Å². The van der Waals surface area contributed by atoms with Gasteiger partial charge in [-0.15, -0.1) is 0 Å². The van der Waals surface area contributed by atoms with Crippen molar-refractivity contribution in [2.24, 2.45) is 0 Å². The normalized spacial score (nSPS) is 16.0. The lowest BCUT2D eigenvalue weighted by atomic mass is 10.3. The highest BCUT2D eigenvalue weighted by Crippen LogP contribution is 2.28. The SMILES string of the molecule is c1cncc(CNCc2ccn(C3CCCC3)n2)c1. The molecule has 1 saturated carbocycles. The van der Waals surface area contributed by atoms with Gasteiger partial charge in [0.15, 0.2) is 0 Å². The molecule has 0 atom stereocenters. The van der Waals surface area contributed by atoms with Crippen LogP contribution in [0.4, 0.5) is 0 Å². The summed E-state index contributed by atoms with van der Waals surface area (Å²) < 4.78 is 2.15. The molecule has 0 radical (unpaired) electrons. The van der Waals surface area contributed by atoms with Crippen molar-refractivity contribution in [3.05, 3.63) is 48.0 Å². The number of rotatable bonds is 5. The third kappa shape index (κ3) is 3.20. The summed E-state index contributed by atoms with van der Waals surface area (Å²) in [5.74, 6) is 0. The minimum absolute atomic E-state index is 0.632. The second-order valence-corrected chi connectivity index (χ2v) is 5.19. The lowest BCUT2D eigenvalue weighted by molar-refractivity contribution is 0.461. The minimum Gasteiger partial charge on any atom is -0.307 e. The molecule has 1 fully saturated rings. The first-order valence-electron chi connectivity index (χ1n) is 7.05. The first-order chi connectivity index (χ1) is 9.42. The molecule has 0 aromatic carbocycles. The van der Waals surface area contributed by atoms with Gasteiger partial charge in [-0.3, -0.25) is 9.67 Å². The van der Waals surface area contributed by atoms with Crippen LogP contribution in [0.3, 0.4) is 0 Å². The number of aromatic nitrogens is 3. The summed E-state index contributed by atoms with van der Waals surface area (Å²) in [5, 5.41) is 8.07. The zero-order valence-corrected chi connectivity index (χ0v) is 11.1. The van der Waals surface area contributed by atoms with E-state index in [1.54, 1.807) is 6.20 Å². The second-order valence-electron chi connectivity index (χ2n) is 5.19. The molecule has 0 saturated heterocycles. The Morgan fingerprint density at radius 1 is 1.21 bits per heavy atom. The molecule has 3 rings (SSSR count). The van der Waals surface area contributed by atoms with Crippen LogP contribution in [0.15, 0.2) is 36.8 Å². The highest BCUT2D eigenvalue weighted by atomic mass is 15.3. The van der Waals surface area contributed by atoms with Crippen molar-refractivity contribution in [3.63, 3.8) is 0 Å². The summed E-state index contributed by atoms with van der Waals surface area (Å²) in [6.07, 6.45) is 11.1. The molecule has 4 heteroatoms. The molecule has 100 valence electrons. The molecule has 2 heterocycles. The van der Waals surface area contributed by atoms with Crippen LogP contribution in [0.25, 0.3) is 0 Å². The molecule has 0 spiro atoms. The molecule has 0 unspecified atom stereocenters. The lowest BCUT2D eigenvalue weighted by Crippen LogP contribution is -2.14. The summed E-state index contributed by atoms with van der Waals surface area (Å²) in [7, 11) is 0. The third-order valence-electron chi connectivity index (χ3n) is 3.72. The van der Waals surface area contributed by atoms with Crippen molar-refractivity contribution in [3.8, 4) is 0 Å². The first-order valence-corrected chi connectivity index (χ1v) is 7.05. The molecular weight excluding hydrogens is 236 g/mol. The van der Waals surface area contributed by atoms with Crippen LogP contribution in [0.1, 0.15) is 43.0 Å². The standard InChI is InChI=1S/C15H20N4/c1-2-6-15(5-1)19-9-7-14(18-19)12-17-11-13-4-3-8-16-10-13/h3-4,7-10,15,17H,1-2,5-6,11-12H2. The maximum Gasteiger partial charge on any atom is 0.0762 e. The van der Waals surface area contributed by atoms with E-state index in [1.165, 1.54) is 31.2 Å². The van der Waals surface area contributed by atoms with Gasteiger partial charge in [0.2, 0.25) is 0 Å². The highest BCUT2D eigenvalue weighted by molar-refractivity contribution is 5.08. The average Bonchev–Trinajstić information content (AvgIpc) is 3.10. The molecule has 1 aliphatic rings. The number of hydrogen-bond donors (Lipinski definition) is 1. The van der Waals surface area contributed by atoms with Crippen molar-refractivity contribution in [1.82, 2.24) is 20.1 Å². The minimum atomic E-state index is 0.632. The molecule has 2 aromatic heterocycles. The van der Waals surface area contributed by atoms with Crippen molar-refractivity contribution >= 4 is 0 Å². The van der Waals surface area contributed by atoms with Gasteiger partial charge in [0, 0.05) is 31.7 Å². The number of pyridine rings is 1. The quantitative estimate of drug-likeness (QED) is 0.894. The molecule has 4 nitrogen and oxygen atoms in total. The fraction of sp³-hybridized carbons (Fsp3) is 0.467. The largest absolute Gasteiger partial charge is 0.307 e. The van der Waals surface area contributed by atoms with E-state index in [0.717, 1.165) is 18.8 Å². The van der Waals surface area contributed by atoms with Gasteiger partial charge in [-0.25, -0.2) is 0 Å². The van der Waals surface area contributed by atoms with E-state index in [2.05, 4.69) is 38.4 Å². The summed E-state index contributed by atoms with van der Waals surface area (Å²) in [6, 6.07) is 6.80. The van der Waals surface area contributed by atoms with Crippen LogP contribution >= 0.6 is 0 Å².